The first-order chi connectivity index (χ1) is 21.8. The van der Waals surface area contributed by atoms with E-state index in [9.17, 15) is 34.7 Å². The van der Waals surface area contributed by atoms with Gasteiger partial charge >= 0.3 is 19.2 Å². The van der Waals surface area contributed by atoms with Gasteiger partial charge in [0.1, 0.15) is 17.5 Å². The molecule has 1 aromatic rings. The Balaban J connectivity index is 1.59. The second-order valence-corrected chi connectivity index (χ2v) is 15.9. The van der Waals surface area contributed by atoms with Crippen LogP contribution in [0.25, 0.3) is 0 Å². The number of alkyl carbamates (subject to hydrolysis) is 1. The molecule has 0 spiro atoms. The zero-order valence-corrected chi connectivity index (χ0v) is 28.5. The maximum absolute atomic E-state index is 13.9. The summed E-state index contributed by atoms with van der Waals surface area (Å²) in [6, 6.07) is 3.18. The lowest BCUT2D eigenvalue weighted by molar-refractivity contribution is -0.193. The Labute approximate surface area is 277 Å². The molecule has 0 saturated heterocycles. The summed E-state index contributed by atoms with van der Waals surface area (Å²) in [4.78, 5) is 39.7. The Kier molecular flexibility index (Phi) is 9.18. The van der Waals surface area contributed by atoms with Crippen molar-refractivity contribution in [2.24, 2.45) is 39.9 Å². The number of aliphatic hydroxyl groups is 2. The molecule has 0 radical (unpaired) electrons. The second kappa shape index (κ2) is 12.2. The number of hydrogen-bond donors (Lipinski definition) is 5. The van der Waals surface area contributed by atoms with Crippen molar-refractivity contribution in [3.05, 3.63) is 35.9 Å². The van der Waals surface area contributed by atoms with Crippen LogP contribution in [0.1, 0.15) is 85.3 Å². The topological polar surface area (TPSA) is 172 Å². The van der Waals surface area contributed by atoms with Gasteiger partial charge in [0, 0.05) is 23.8 Å². The summed E-state index contributed by atoms with van der Waals surface area (Å²) in [7, 11) is -1.27. The average molecular weight is 656 g/mol. The van der Waals surface area contributed by atoms with Gasteiger partial charge < -0.3 is 39.8 Å². The molecule has 11 nitrogen and oxygen atoms in total. The largest absolute Gasteiger partial charge is 0.491 e. The van der Waals surface area contributed by atoms with Gasteiger partial charge in [-0.1, -0.05) is 33.8 Å². The highest BCUT2D eigenvalue weighted by molar-refractivity contribution is 6.61. The first kappa shape index (κ1) is 35.4. The fourth-order valence-corrected chi connectivity index (χ4v) is 9.43. The van der Waals surface area contributed by atoms with Crippen LogP contribution in [0.15, 0.2) is 24.8 Å². The van der Waals surface area contributed by atoms with E-state index in [0.29, 0.717) is 29.4 Å². The smallest absolute Gasteiger partial charge is 0.478 e. The number of carbonyl (C=O) groups excluding carboxylic acids is 2. The average Bonchev–Trinajstić information content (AvgIpc) is 3.50. The summed E-state index contributed by atoms with van der Waals surface area (Å²) in [6.07, 6.45) is -0.886. The number of carbonyl (C=O) groups is 3. The van der Waals surface area contributed by atoms with Crippen LogP contribution in [0, 0.1) is 39.9 Å². The van der Waals surface area contributed by atoms with E-state index in [1.54, 1.807) is 39.0 Å². The summed E-state index contributed by atoms with van der Waals surface area (Å²) < 4.78 is 17.3. The normalized spacial score (nSPS) is 37.2. The Bertz CT molecular complexity index is 1440. The number of hydrogen-bond acceptors (Lipinski definition) is 9. The Morgan fingerprint density at radius 2 is 1.89 bits per heavy atom. The molecular weight excluding hydrogens is 605 g/mol. The Hall–Kier alpha value is -2.93. The summed E-state index contributed by atoms with van der Waals surface area (Å²) in [5.41, 5.74) is -1.68. The van der Waals surface area contributed by atoms with Crippen LogP contribution < -0.4 is 15.5 Å². The van der Waals surface area contributed by atoms with Gasteiger partial charge in [-0.3, -0.25) is 4.79 Å². The van der Waals surface area contributed by atoms with E-state index < -0.39 is 71.2 Å². The molecule has 5 rings (SSSR count). The minimum absolute atomic E-state index is 0.00996. The highest BCUT2D eigenvalue weighted by Gasteiger charge is 2.70. The van der Waals surface area contributed by atoms with E-state index >= 15 is 0 Å². The van der Waals surface area contributed by atoms with Crippen molar-refractivity contribution in [2.75, 3.05) is 0 Å². The Morgan fingerprint density at radius 3 is 2.51 bits per heavy atom. The summed E-state index contributed by atoms with van der Waals surface area (Å²) in [5, 5.41) is 47.2. The van der Waals surface area contributed by atoms with Gasteiger partial charge in [-0.2, -0.15) is 0 Å². The minimum atomic E-state index is -1.48. The molecule has 47 heavy (non-hydrogen) atoms. The van der Waals surface area contributed by atoms with E-state index in [2.05, 4.69) is 11.9 Å². The maximum atomic E-state index is 13.9. The van der Waals surface area contributed by atoms with Gasteiger partial charge in [-0.25, -0.2) is 9.59 Å². The van der Waals surface area contributed by atoms with Crippen LogP contribution >= 0.6 is 0 Å². The van der Waals surface area contributed by atoms with Gasteiger partial charge in [-0.05, 0) is 97.8 Å². The lowest BCUT2D eigenvalue weighted by atomic mass is 9.41. The Morgan fingerprint density at radius 1 is 1.21 bits per heavy atom. The van der Waals surface area contributed by atoms with Crippen molar-refractivity contribution in [3.8, 4) is 5.75 Å². The monoisotopic (exact) mass is 655 g/mol. The van der Waals surface area contributed by atoms with Crippen LogP contribution in [-0.4, -0.2) is 69.2 Å². The molecule has 258 valence electrons. The van der Waals surface area contributed by atoms with E-state index in [4.69, 9.17) is 14.1 Å². The molecular formula is C35H50BNO10. The van der Waals surface area contributed by atoms with Crippen LogP contribution in [-0.2, 0) is 32.1 Å². The molecule has 5 N–H and O–H groups in total. The quantitative estimate of drug-likeness (QED) is 0.217. The highest BCUT2D eigenvalue weighted by atomic mass is 16.6. The number of carboxylic acids is 1. The summed E-state index contributed by atoms with van der Waals surface area (Å²) >= 11 is 0. The lowest BCUT2D eigenvalue weighted by Gasteiger charge is -2.62. The fraction of sp³-hybridized carbons (Fsp3) is 0.686. The number of rotatable bonds is 7. The molecule has 1 aliphatic heterocycles. The number of Topliss-reactive ketones (excluding diaryl/α,β-unsaturated/α-hetero) is 1. The predicted octanol–water partition coefficient (Wildman–Crippen LogP) is 3.34. The van der Waals surface area contributed by atoms with Crippen LogP contribution in [0.4, 0.5) is 4.79 Å². The van der Waals surface area contributed by atoms with Gasteiger partial charge in [0.2, 0.25) is 0 Å². The minimum Gasteiger partial charge on any atom is -0.478 e. The molecule has 3 saturated carbocycles. The molecule has 1 unspecified atom stereocenters. The van der Waals surface area contributed by atoms with Crippen molar-refractivity contribution in [3.63, 3.8) is 0 Å². The van der Waals surface area contributed by atoms with E-state index in [1.807, 2.05) is 27.7 Å². The molecule has 12 heteroatoms. The number of carboxylic acid groups (broad SMARTS) is 1. The third-order valence-electron chi connectivity index (χ3n) is 12.2. The molecule has 1 aromatic carbocycles. The third-order valence-corrected chi connectivity index (χ3v) is 12.2. The van der Waals surface area contributed by atoms with Crippen molar-refractivity contribution in [1.29, 1.82) is 0 Å². The van der Waals surface area contributed by atoms with Gasteiger partial charge in [0.15, 0.2) is 11.9 Å². The number of ether oxygens (including phenoxy) is 2. The maximum Gasteiger partial charge on any atom is 0.491 e. The fourth-order valence-electron chi connectivity index (χ4n) is 9.43. The van der Waals surface area contributed by atoms with E-state index in [0.717, 1.165) is 0 Å². The van der Waals surface area contributed by atoms with E-state index in [1.165, 1.54) is 0 Å². The first-order valence-corrected chi connectivity index (χ1v) is 16.6. The van der Waals surface area contributed by atoms with Crippen LogP contribution in [0.3, 0.4) is 0 Å². The van der Waals surface area contributed by atoms with Crippen molar-refractivity contribution >= 4 is 30.4 Å². The van der Waals surface area contributed by atoms with Crippen LogP contribution in [0.5, 0.6) is 5.75 Å². The van der Waals surface area contributed by atoms with E-state index in [-0.39, 0.29) is 49.4 Å². The number of benzene rings is 1. The lowest BCUT2D eigenvalue weighted by Crippen LogP contribution is -2.63. The number of fused-ring (bicyclic) bond motifs is 1. The third kappa shape index (κ3) is 5.89. The summed E-state index contributed by atoms with van der Waals surface area (Å²) in [6.45, 7) is 17.2. The standard InChI is InChI=1S/C35H50BNO10/c1-9-33(7)14-23(34(8)18(2)10-11-35(19(3)29(33)40)15-25(38)26(39)28(34)35)27(30(41)42)46-21-12-20(16-37-31(43)47-32(4,5)6)22-17-45-36(44)24(22)13-21/h9,12-13,18-19,23,25,27-29,38,40,44H,1,10-11,14-17H2,2-8H3,(H,37,43)(H,41,42)/t18-,19+,23+,25?,27+,28+,29+,33-,34-,35+/m1/s1. The molecule has 4 aliphatic rings. The number of aliphatic carboxylic acids is 1. The van der Waals surface area contributed by atoms with Crippen molar-refractivity contribution in [1.82, 2.24) is 5.32 Å². The van der Waals surface area contributed by atoms with Crippen molar-refractivity contribution in [2.45, 2.75) is 111 Å². The summed E-state index contributed by atoms with van der Waals surface area (Å²) in [5.74, 6) is -3.34. The van der Waals surface area contributed by atoms with Gasteiger partial charge in [0.25, 0.3) is 0 Å². The number of ketones is 1. The molecule has 1 heterocycles. The van der Waals surface area contributed by atoms with Crippen molar-refractivity contribution < 1.29 is 48.9 Å². The van der Waals surface area contributed by atoms with Gasteiger partial charge in [0.05, 0.1) is 12.7 Å². The molecule has 3 aliphatic carbocycles. The number of amides is 1. The molecule has 3 fully saturated rings. The zero-order chi connectivity index (χ0) is 34.9. The molecule has 10 atom stereocenters. The second-order valence-electron chi connectivity index (χ2n) is 15.9. The predicted molar refractivity (Wildman–Crippen MR) is 174 cm³/mol. The SMILES string of the molecule is C=C[C@]1(C)C[C@@H]([C@H](Oc2cc(CNC(=O)OC(C)(C)C)c3c(c2)B(O)OC3)C(=O)O)[C@@]2(C)[C@H](C)CC[C@]3(CC(O)C(=O)[C@H]32)[C@@H](C)[C@@H]1O. The van der Waals surface area contributed by atoms with Crippen LogP contribution in [0.2, 0.25) is 0 Å². The first-order valence-electron chi connectivity index (χ1n) is 16.6. The molecule has 1 amide bonds. The zero-order valence-electron chi connectivity index (χ0n) is 28.5. The number of nitrogens with one attached hydrogen (secondary N) is 1. The molecule has 0 aromatic heterocycles. The highest BCUT2D eigenvalue weighted by Crippen LogP contribution is 2.69. The number of aliphatic hydroxyl groups excluding tert-OH is 2. The molecule has 2 bridgehead atoms. The van der Waals surface area contributed by atoms with Gasteiger partial charge in [-0.15, -0.1) is 6.58 Å².